The first kappa shape index (κ1) is 12.7. The van der Waals surface area contributed by atoms with E-state index in [1.165, 1.54) is 18.3 Å². The van der Waals surface area contributed by atoms with Gasteiger partial charge in [0.15, 0.2) is 0 Å². The SMILES string of the molecule is Cc1ncccc1C(=O)Nc1cc(C(=O)O)ccn1. The molecule has 6 nitrogen and oxygen atoms in total. The quantitative estimate of drug-likeness (QED) is 0.873. The van der Waals surface area contributed by atoms with E-state index in [1.807, 2.05) is 0 Å². The summed E-state index contributed by atoms with van der Waals surface area (Å²) in [5.74, 6) is -1.26. The molecule has 0 unspecified atom stereocenters. The van der Waals surface area contributed by atoms with E-state index in [2.05, 4.69) is 15.3 Å². The summed E-state index contributed by atoms with van der Waals surface area (Å²) < 4.78 is 0. The number of nitrogens with one attached hydrogen (secondary N) is 1. The second-order valence-corrected chi connectivity index (χ2v) is 3.83. The minimum atomic E-state index is -1.07. The van der Waals surface area contributed by atoms with Crippen LogP contribution < -0.4 is 5.32 Å². The zero-order valence-electron chi connectivity index (χ0n) is 10.1. The first-order valence-corrected chi connectivity index (χ1v) is 5.50. The van der Waals surface area contributed by atoms with Crippen LogP contribution in [0.15, 0.2) is 36.7 Å². The van der Waals surface area contributed by atoms with Crippen LogP contribution in [-0.2, 0) is 0 Å². The van der Waals surface area contributed by atoms with Crippen molar-refractivity contribution in [2.75, 3.05) is 5.32 Å². The van der Waals surface area contributed by atoms with Crippen molar-refractivity contribution in [2.45, 2.75) is 6.92 Å². The number of carboxylic acids is 1. The van der Waals surface area contributed by atoms with Crippen LogP contribution in [0.1, 0.15) is 26.4 Å². The highest BCUT2D eigenvalue weighted by Gasteiger charge is 2.11. The van der Waals surface area contributed by atoms with Gasteiger partial charge in [0.1, 0.15) is 5.82 Å². The molecule has 0 atom stereocenters. The van der Waals surface area contributed by atoms with E-state index in [0.717, 1.165) is 0 Å². The summed E-state index contributed by atoms with van der Waals surface area (Å²) in [7, 11) is 0. The standard InChI is InChI=1S/C13H11N3O3/c1-8-10(3-2-5-14-8)12(17)16-11-7-9(13(18)19)4-6-15-11/h2-7H,1H3,(H,18,19)(H,15,16,17). The molecule has 6 heteroatoms. The molecule has 2 aromatic rings. The van der Waals surface area contributed by atoms with Gasteiger partial charge in [-0.05, 0) is 31.2 Å². The van der Waals surface area contributed by atoms with Crippen LogP contribution in [0.4, 0.5) is 5.82 Å². The van der Waals surface area contributed by atoms with E-state index in [-0.39, 0.29) is 17.3 Å². The molecule has 0 saturated carbocycles. The Hall–Kier alpha value is -2.76. The van der Waals surface area contributed by atoms with Gasteiger partial charge in [-0.25, -0.2) is 9.78 Å². The molecule has 2 heterocycles. The summed E-state index contributed by atoms with van der Waals surface area (Å²) in [4.78, 5) is 30.7. The van der Waals surface area contributed by atoms with Crippen molar-refractivity contribution in [3.63, 3.8) is 0 Å². The van der Waals surface area contributed by atoms with Crippen LogP contribution in [-0.4, -0.2) is 27.0 Å². The van der Waals surface area contributed by atoms with Crippen molar-refractivity contribution in [3.05, 3.63) is 53.5 Å². The number of aromatic carboxylic acids is 1. The number of pyridine rings is 2. The Morgan fingerprint density at radius 1 is 1.21 bits per heavy atom. The summed E-state index contributed by atoms with van der Waals surface area (Å²) in [6, 6.07) is 5.95. The number of carboxylic acid groups (broad SMARTS) is 1. The molecule has 2 rings (SSSR count). The number of hydrogen-bond donors (Lipinski definition) is 2. The predicted molar refractivity (Wildman–Crippen MR) is 68.1 cm³/mol. The summed E-state index contributed by atoms with van der Waals surface area (Å²) in [6.07, 6.45) is 2.92. The van der Waals surface area contributed by atoms with E-state index < -0.39 is 5.97 Å². The Labute approximate surface area is 109 Å². The lowest BCUT2D eigenvalue weighted by Gasteiger charge is -2.06. The monoisotopic (exact) mass is 257 g/mol. The number of amides is 1. The largest absolute Gasteiger partial charge is 0.478 e. The molecule has 2 N–H and O–H groups in total. The Kier molecular flexibility index (Phi) is 3.51. The molecule has 2 aromatic heterocycles. The van der Waals surface area contributed by atoms with E-state index in [9.17, 15) is 9.59 Å². The van der Waals surface area contributed by atoms with Crippen LogP contribution in [0.25, 0.3) is 0 Å². The average Bonchev–Trinajstić information content (AvgIpc) is 2.39. The van der Waals surface area contributed by atoms with E-state index in [1.54, 1.807) is 25.3 Å². The maximum atomic E-state index is 12.0. The molecule has 0 aliphatic carbocycles. The van der Waals surface area contributed by atoms with Crippen LogP contribution >= 0.6 is 0 Å². The molecule has 0 bridgehead atoms. The molecular weight excluding hydrogens is 246 g/mol. The zero-order valence-corrected chi connectivity index (χ0v) is 10.1. The Bertz CT molecular complexity index is 641. The van der Waals surface area contributed by atoms with Gasteiger partial charge in [-0.3, -0.25) is 9.78 Å². The molecule has 0 radical (unpaired) electrons. The number of nitrogens with zero attached hydrogens (tertiary/aromatic N) is 2. The van der Waals surface area contributed by atoms with Crippen LogP contribution in [0.5, 0.6) is 0 Å². The molecule has 96 valence electrons. The molecule has 0 aliphatic rings. The van der Waals surface area contributed by atoms with Gasteiger partial charge in [0.05, 0.1) is 11.1 Å². The fraction of sp³-hybridized carbons (Fsp3) is 0.0769. The van der Waals surface area contributed by atoms with Gasteiger partial charge in [-0.1, -0.05) is 0 Å². The molecule has 19 heavy (non-hydrogen) atoms. The third kappa shape index (κ3) is 2.92. The lowest BCUT2D eigenvalue weighted by atomic mass is 10.2. The molecule has 0 fully saturated rings. The van der Waals surface area contributed by atoms with Gasteiger partial charge < -0.3 is 10.4 Å². The highest BCUT2D eigenvalue weighted by Crippen LogP contribution is 2.10. The van der Waals surface area contributed by atoms with Gasteiger partial charge >= 0.3 is 5.97 Å². The molecule has 0 saturated heterocycles. The zero-order chi connectivity index (χ0) is 13.8. The number of carbonyl (C=O) groups excluding carboxylic acids is 1. The normalized spacial score (nSPS) is 9.95. The maximum Gasteiger partial charge on any atom is 0.335 e. The van der Waals surface area contributed by atoms with Crippen molar-refractivity contribution < 1.29 is 14.7 Å². The average molecular weight is 257 g/mol. The second kappa shape index (κ2) is 5.26. The Morgan fingerprint density at radius 2 is 2.00 bits per heavy atom. The molecule has 1 amide bonds. The van der Waals surface area contributed by atoms with E-state index >= 15 is 0 Å². The van der Waals surface area contributed by atoms with Gasteiger partial charge in [0.2, 0.25) is 0 Å². The van der Waals surface area contributed by atoms with Crippen LogP contribution in [0, 0.1) is 6.92 Å². The number of aromatic nitrogens is 2. The number of aryl methyl sites for hydroxylation is 1. The van der Waals surface area contributed by atoms with Crippen molar-refractivity contribution in [1.82, 2.24) is 9.97 Å². The first-order valence-electron chi connectivity index (χ1n) is 5.50. The number of hydrogen-bond acceptors (Lipinski definition) is 4. The van der Waals surface area contributed by atoms with Crippen molar-refractivity contribution in [2.24, 2.45) is 0 Å². The molecular formula is C13H11N3O3. The lowest BCUT2D eigenvalue weighted by Crippen LogP contribution is -2.15. The van der Waals surface area contributed by atoms with Crippen LogP contribution in [0.2, 0.25) is 0 Å². The predicted octanol–water partition coefficient (Wildman–Crippen LogP) is 1.74. The van der Waals surface area contributed by atoms with Gasteiger partial charge in [0, 0.05) is 18.1 Å². The first-order chi connectivity index (χ1) is 9.08. The molecule has 0 spiro atoms. The Morgan fingerprint density at radius 3 is 2.68 bits per heavy atom. The number of anilines is 1. The fourth-order valence-electron chi connectivity index (χ4n) is 1.54. The second-order valence-electron chi connectivity index (χ2n) is 3.83. The summed E-state index contributed by atoms with van der Waals surface area (Å²) >= 11 is 0. The van der Waals surface area contributed by atoms with Crippen LogP contribution in [0.3, 0.4) is 0 Å². The molecule has 0 aromatic carbocycles. The van der Waals surface area contributed by atoms with E-state index in [4.69, 9.17) is 5.11 Å². The van der Waals surface area contributed by atoms with Gasteiger partial charge in [-0.2, -0.15) is 0 Å². The Balaban J connectivity index is 2.22. The summed E-state index contributed by atoms with van der Waals surface area (Å²) in [5, 5.41) is 11.4. The third-order valence-electron chi connectivity index (χ3n) is 2.50. The highest BCUT2D eigenvalue weighted by molar-refractivity contribution is 6.04. The number of carbonyl (C=O) groups is 2. The highest BCUT2D eigenvalue weighted by atomic mass is 16.4. The fourth-order valence-corrected chi connectivity index (χ4v) is 1.54. The maximum absolute atomic E-state index is 12.0. The smallest absolute Gasteiger partial charge is 0.335 e. The summed E-state index contributed by atoms with van der Waals surface area (Å²) in [6.45, 7) is 1.72. The number of rotatable bonds is 3. The third-order valence-corrected chi connectivity index (χ3v) is 2.50. The minimum Gasteiger partial charge on any atom is -0.478 e. The van der Waals surface area contributed by atoms with Gasteiger partial charge in [-0.15, -0.1) is 0 Å². The lowest BCUT2D eigenvalue weighted by molar-refractivity contribution is 0.0696. The van der Waals surface area contributed by atoms with Crippen molar-refractivity contribution in [1.29, 1.82) is 0 Å². The van der Waals surface area contributed by atoms with E-state index in [0.29, 0.717) is 11.3 Å². The van der Waals surface area contributed by atoms with Crippen molar-refractivity contribution in [3.8, 4) is 0 Å². The minimum absolute atomic E-state index is 0.0632. The topological polar surface area (TPSA) is 92.2 Å². The van der Waals surface area contributed by atoms with Gasteiger partial charge in [0.25, 0.3) is 5.91 Å². The molecule has 0 aliphatic heterocycles. The van der Waals surface area contributed by atoms with Crippen molar-refractivity contribution >= 4 is 17.7 Å². The summed E-state index contributed by atoms with van der Waals surface area (Å²) in [5.41, 5.74) is 1.08.